The van der Waals surface area contributed by atoms with Crippen LogP contribution in [0.5, 0.6) is 0 Å². The second-order valence-corrected chi connectivity index (χ2v) is 5.80. The molecule has 0 saturated heterocycles. The summed E-state index contributed by atoms with van der Waals surface area (Å²) in [7, 11) is 1.54. The van der Waals surface area contributed by atoms with Crippen molar-refractivity contribution in [3.8, 4) is 0 Å². The molecular formula is C12H16ClN3O3S. The largest absolute Gasteiger partial charge is 0.381 e. The number of thioether (sulfide) groups is 1. The lowest BCUT2D eigenvalue weighted by molar-refractivity contribution is -0.383. The van der Waals surface area contributed by atoms with Gasteiger partial charge in [0, 0.05) is 30.5 Å². The van der Waals surface area contributed by atoms with E-state index in [-0.39, 0.29) is 33.1 Å². The van der Waals surface area contributed by atoms with E-state index in [9.17, 15) is 14.9 Å². The lowest BCUT2D eigenvalue weighted by atomic mass is 10.1. The van der Waals surface area contributed by atoms with E-state index in [2.05, 4.69) is 10.6 Å². The van der Waals surface area contributed by atoms with Gasteiger partial charge in [0.1, 0.15) is 5.69 Å². The van der Waals surface area contributed by atoms with Gasteiger partial charge in [0.25, 0.3) is 11.6 Å². The molecule has 0 spiro atoms. The predicted octanol–water partition coefficient (Wildman–Crippen LogP) is 2.77. The molecule has 0 fully saturated rings. The highest BCUT2D eigenvalue weighted by Gasteiger charge is 2.20. The molecule has 0 heterocycles. The topological polar surface area (TPSA) is 84.3 Å². The molecule has 0 aromatic heterocycles. The van der Waals surface area contributed by atoms with E-state index in [1.807, 2.05) is 13.2 Å². The maximum atomic E-state index is 12.0. The summed E-state index contributed by atoms with van der Waals surface area (Å²) in [6.45, 7) is 2.46. The minimum Gasteiger partial charge on any atom is -0.381 e. The Kier molecular flexibility index (Phi) is 6.09. The molecule has 0 aliphatic heterocycles. The molecule has 0 aliphatic rings. The van der Waals surface area contributed by atoms with Gasteiger partial charge in [-0.25, -0.2) is 0 Å². The molecule has 20 heavy (non-hydrogen) atoms. The second kappa shape index (κ2) is 7.35. The average Bonchev–Trinajstić information content (AvgIpc) is 2.43. The minimum atomic E-state index is -0.570. The summed E-state index contributed by atoms with van der Waals surface area (Å²) in [6, 6.07) is 2.64. The van der Waals surface area contributed by atoms with Crippen LogP contribution in [0.3, 0.4) is 0 Å². The van der Waals surface area contributed by atoms with Crippen molar-refractivity contribution in [1.29, 1.82) is 0 Å². The molecule has 0 saturated carbocycles. The zero-order valence-electron chi connectivity index (χ0n) is 11.4. The summed E-state index contributed by atoms with van der Waals surface area (Å²) in [5, 5.41) is 16.8. The number of nitrogens with zero attached hydrogens (tertiary/aromatic N) is 1. The van der Waals surface area contributed by atoms with Crippen molar-refractivity contribution in [3.63, 3.8) is 0 Å². The van der Waals surface area contributed by atoms with Crippen molar-refractivity contribution in [1.82, 2.24) is 5.32 Å². The second-order valence-electron chi connectivity index (χ2n) is 4.12. The van der Waals surface area contributed by atoms with E-state index >= 15 is 0 Å². The van der Waals surface area contributed by atoms with Gasteiger partial charge in [0.05, 0.1) is 9.95 Å². The Labute approximate surface area is 126 Å². The molecule has 8 heteroatoms. The van der Waals surface area contributed by atoms with Crippen molar-refractivity contribution < 1.29 is 9.72 Å². The van der Waals surface area contributed by atoms with E-state index in [1.165, 1.54) is 19.2 Å². The minimum absolute atomic E-state index is 0.143. The first kappa shape index (κ1) is 16.6. The summed E-state index contributed by atoms with van der Waals surface area (Å²) >= 11 is 7.58. The van der Waals surface area contributed by atoms with Crippen molar-refractivity contribution in [2.75, 3.05) is 25.2 Å². The Morgan fingerprint density at radius 1 is 1.55 bits per heavy atom. The Morgan fingerprint density at radius 2 is 2.20 bits per heavy atom. The number of halogens is 1. The van der Waals surface area contributed by atoms with E-state index in [0.29, 0.717) is 6.54 Å². The number of carbonyl (C=O) groups excluding carboxylic acids is 1. The van der Waals surface area contributed by atoms with Crippen molar-refractivity contribution in [2.24, 2.45) is 0 Å². The lowest BCUT2D eigenvalue weighted by Crippen LogP contribution is -2.29. The van der Waals surface area contributed by atoms with Gasteiger partial charge in [0.15, 0.2) is 0 Å². The maximum absolute atomic E-state index is 12.0. The van der Waals surface area contributed by atoms with Crippen molar-refractivity contribution in [2.45, 2.75) is 12.2 Å². The first-order valence-electron chi connectivity index (χ1n) is 5.87. The number of anilines is 1. The molecule has 6 nitrogen and oxygen atoms in total. The number of nitro benzene ring substituents is 1. The number of rotatable bonds is 6. The standard InChI is InChI=1S/C12H16ClN3O3S/c1-7(20-3)6-15-12(17)8-4-9(13)11(14-2)10(5-8)16(18)19/h4-5,7,14H,6H2,1-3H3,(H,15,17). The monoisotopic (exact) mass is 317 g/mol. The van der Waals surface area contributed by atoms with Gasteiger partial charge in [-0.2, -0.15) is 11.8 Å². The number of hydrogen-bond donors (Lipinski definition) is 2. The number of nitrogens with one attached hydrogen (secondary N) is 2. The van der Waals surface area contributed by atoms with Crippen LogP contribution in [0.4, 0.5) is 11.4 Å². The first-order valence-corrected chi connectivity index (χ1v) is 7.54. The molecule has 110 valence electrons. The van der Waals surface area contributed by atoms with Gasteiger partial charge in [-0.05, 0) is 12.3 Å². The third kappa shape index (κ3) is 4.01. The first-order chi connectivity index (χ1) is 9.40. The highest BCUT2D eigenvalue weighted by atomic mass is 35.5. The molecule has 1 rings (SSSR count). The third-order valence-corrected chi connectivity index (χ3v) is 4.00. The molecule has 1 aromatic carbocycles. The van der Waals surface area contributed by atoms with Crippen LogP contribution in [0.2, 0.25) is 5.02 Å². The van der Waals surface area contributed by atoms with Crippen LogP contribution in [0, 0.1) is 10.1 Å². The fourth-order valence-electron chi connectivity index (χ4n) is 1.54. The normalized spacial score (nSPS) is 11.8. The third-order valence-electron chi connectivity index (χ3n) is 2.73. The lowest BCUT2D eigenvalue weighted by Gasteiger charge is -2.11. The SMILES string of the molecule is CNc1c(Cl)cc(C(=O)NCC(C)SC)cc1[N+](=O)[O-]. The molecule has 0 radical (unpaired) electrons. The van der Waals surface area contributed by atoms with Gasteiger partial charge < -0.3 is 10.6 Å². The molecule has 0 aliphatic carbocycles. The van der Waals surface area contributed by atoms with Gasteiger partial charge in [0.2, 0.25) is 0 Å². The Balaban J connectivity index is 3.02. The van der Waals surface area contributed by atoms with Crippen LogP contribution >= 0.6 is 23.4 Å². The average molecular weight is 318 g/mol. The van der Waals surface area contributed by atoms with Gasteiger partial charge in [-0.3, -0.25) is 14.9 Å². The highest BCUT2D eigenvalue weighted by Crippen LogP contribution is 2.33. The van der Waals surface area contributed by atoms with Crippen LogP contribution in [0.1, 0.15) is 17.3 Å². The summed E-state index contributed by atoms with van der Waals surface area (Å²) in [6.07, 6.45) is 1.94. The Bertz CT molecular complexity index is 525. The summed E-state index contributed by atoms with van der Waals surface area (Å²) in [4.78, 5) is 22.4. The number of nitro groups is 1. The number of hydrogen-bond acceptors (Lipinski definition) is 5. The van der Waals surface area contributed by atoms with Crippen LogP contribution in [0.25, 0.3) is 0 Å². The van der Waals surface area contributed by atoms with E-state index in [1.54, 1.807) is 11.8 Å². The molecule has 1 amide bonds. The zero-order valence-corrected chi connectivity index (χ0v) is 13.0. The summed E-state index contributed by atoms with van der Waals surface area (Å²) in [5.74, 6) is -0.376. The summed E-state index contributed by atoms with van der Waals surface area (Å²) < 4.78 is 0. The van der Waals surface area contributed by atoms with Crippen molar-refractivity contribution >= 4 is 40.6 Å². The van der Waals surface area contributed by atoms with Crippen LogP contribution < -0.4 is 10.6 Å². The molecular weight excluding hydrogens is 302 g/mol. The number of amides is 1. The maximum Gasteiger partial charge on any atom is 0.294 e. The number of carbonyl (C=O) groups is 1. The van der Waals surface area contributed by atoms with E-state index < -0.39 is 4.92 Å². The van der Waals surface area contributed by atoms with Gasteiger partial charge in [-0.15, -0.1) is 0 Å². The summed E-state index contributed by atoms with van der Waals surface area (Å²) in [5.41, 5.74) is 0.155. The smallest absolute Gasteiger partial charge is 0.294 e. The quantitative estimate of drug-likeness (QED) is 0.622. The number of benzene rings is 1. The van der Waals surface area contributed by atoms with Gasteiger partial charge >= 0.3 is 0 Å². The fourth-order valence-corrected chi connectivity index (χ4v) is 2.10. The molecule has 1 aromatic rings. The van der Waals surface area contributed by atoms with E-state index in [0.717, 1.165) is 0 Å². The highest BCUT2D eigenvalue weighted by molar-refractivity contribution is 7.99. The molecule has 2 N–H and O–H groups in total. The molecule has 0 bridgehead atoms. The molecule has 1 atom stereocenters. The fraction of sp³-hybridized carbons (Fsp3) is 0.417. The molecule has 1 unspecified atom stereocenters. The van der Waals surface area contributed by atoms with E-state index in [4.69, 9.17) is 11.6 Å². The van der Waals surface area contributed by atoms with Crippen LogP contribution in [-0.2, 0) is 0 Å². The van der Waals surface area contributed by atoms with Gasteiger partial charge in [-0.1, -0.05) is 18.5 Å². The Hall–Kier alpha value is -1.47. The van der Waals surface area contributed by atoms with Crippen LogP contribution in [0.15, 0.2) is 12.1 Å². The van der Waals surface area contributed by atoms with Crippen LogP contribution in [-0.4, -0.2) is 35.9 Å². The van der Waals surface area contributed by atoms with Crippen molar-refractivity contribution in [3.05, 3.63) is 32.8 Å². The zero-order chi connectivity index (χ0) is 15.3. The predicted molar refractivity (Wildman–Crippen MR) is 83.0 cm³/mol. The Morgan fingerprint density at radius 3 is 2.70 bits per heavy atom.